The Kier molecular flexibility index (Phi) is 6.59. The molecule has 28 heavy (non-hydrogen) atoms. The summed E-state index contributed by atoms with van der Waals surface area (Å²) in [5.74, 6) is 1.48. The van der Waals surface area contributed by atoms with Crippen LogP contribution in [0, 0.1) is 6.92 Å². The number of thioether (sulfide) groups is 1. The minimum atomic E-state index is -0.313. The fourth-order valence-electron chi connectivity index (χ4n) is 2.65. The quantitative estimate of drug-likeness (QED) is 0.568. The molecule has 1 unspecified atom stereocenters. The Morgan fingerprint density at radius 2 is 2.04 bits per heavy atom. The molecule has 0 aliphatic carbocycles. The Labute approximate surface area is 173 Å². The molecule has 0 spiro atoms. The number of nitrogens with zero attached hydrogens (tertiary/aromatic N) is 3. The summed E-state index contributed by atoms with van der Waals surface area (Å²) in [6, 6.07) is 14.9. The molecule has 0 fully saturated rings. The Bertz CT molecular complexity index is 976. The van der Waals surface area contributed by atoms with E-state index in [-0.39, 0.29) is 17.8 Å². The van der Waals surface area contributed by atoms with Crippen molar-refractivity contribution in [2.75, 3.05) is 11.1 Å². The van der Waals surface area contributed by atoms with Crippen LogP contribution in [0.25, 0.3) is 0 Å². The molecule has 0 radical (unpaired) electrons. The highest BCUT2D eigenvalue weighted by atomic mass is 35.5. The molecule has 1 N–H and O–H groups in total. The SMILES string of the molecule is Cc1cccc(NC(=O)CSc2nnc(C(C)Oc3cccc(Cl)c3)n2C)c1. The summed E-state index contributed by atoms with van der Waals surface area (Å²) in [5, 5.41) is 12.5. The molecular weight excluding hydrogens is 396 g/mol. The zero-order chi connectivity index (χ0) is 20.1. The number of ether oxygens (including phenoxy) is 1. The van der Waals surface area contributed by atoms with Gasteiger partial charge in [-0.05, 0) is 49.7 Å². The number of benzene rings is 2. The average molecular weight is 417 g/mol. The van der Waals surface area contributed by atoms with Crippen molar-refractivity contribution < 1.29 is 9.53 Å². The lowest BCUT2D eigenvalue weighted by Crippen LogP contribution is -2.15. The molecule has 1 aromatic heterocycles. The lowest BCUT2D eigenvalue weighted by molar-refractivity contribution is -0.113. The molecule has 0 aliphatic heterocycles. The second kappa shape index (κ2) is 9.12. The van der Waals surface area contributed by atoms with E-state index in [9.17, 15) is 4.79 Å². The van der Waals surface area contributed by atoms with Crippen LogP contribution in [0.5, 0.6) is 5.75 Å². The maximum absolute atomic E-state index is 12.2. The third-order valence-electron chi connectivity index (χ3n) is 3.98. The summed E-state index contributed by atoms with van der Waals surface area (Å²) in [6.45, 7) is 3.88. The third kappa shape index (κ3) is 5.27. The smallest absolute Gasteiger partial charge is 0.234 e. The van der Waals surface area contributed by atoms with Gasteiger partial charge in [-0.25, -0.2) is 0 Å². The molecule has 146 valence electrons. The van der Waals surface area contributed by atoms with Crippen molar-refractivity contribution in [2.45, 2.75) is 25.1 Å². The number of carbonyl (C=O) groups excluding carboxylic acids is 1. The summed E-state index contributed by atoms with van der Waals surface area (Å²) in [4.78, 5) is 12.2. The molecule has 8 heteroatoms. The molecule has 2 aromatic carbocycles. The van der Waals surface area contributed by atoms with E-state index in [2.05, 4.69) is 15.5 Å². The second-order valence-corrected chi connectivity index (χ2v) is 7.70. The molecule has 1 heterocycles. The maximum Gasteiger partial charge on any atom is 0.234 e. The predicted octanol–water partition coefficient (Wildman–Crippen LogP) is 4.65. The van der Waals surface area contributed by atoms with Crippen molar-refractivity contribution in [3.05, 3.63) is 64.9 Å². The largest absolute Gasteiger partial charge is 0.483 e. The van der Waals surface area contributed by atoms with Crippen molar-refractivity contribution in [1.82, 2.24) is 14.8 Å². The van der Waals surface area contributed by atoms with Crippen LogP contribution in [0.15, 0.2) is 53.7 Å². The van der Waals surface area contributed by atoms with Gasteiger partial charge in [0.05, 0.1) is 5.75 Å². The summed E-state index contributed by atoms with van der Waals surface area (Å²) in [7, 11) is 1.86. The van der Waals surface area contributed by atoms with Crippen LogP contribution in [0.1, 0.15) is 24.4 Å². The fourth-order valence-corrected chi connectivity index (χ4v) is 3.55. The normalized spacial score (nSPS) is 11.9. The van der Waals surface area contributed by atoms with Gasteiger partial charge in [-0.1, -0.05) is 41.6 Å². The van der Waals surface area contributed by atoms with Gasteiger partial charge >= 0.3 is 0 Å². The molecule has 1 atom stereocenters. The van der Waals surface area contributed by atoms with Crippen molar-refractivity contribution in [3.63, 3.8) is 0 Å². The maximum atomic E-state index is 12.2. The number of carbonyl (C=O) groups is 1. The number of halogens is 1. The van der Waals surface area contributed by atoms with Gasteiger partial charge in [0.2, 0.25) is 5.91 Å². The zero-order valence-corrected chi connectivity index (χ0v) is 17.4. The lowest BCUT2D eigenvalue weighted by atomic mass is 10.2. The van der Waals surface area contributed by atoms with E-state index < -0.39 is 0 Å². The Hall–Kier alpha value is -2.51. The average Bonchev–Trinajstić information content (AvgIpc) is 3.01. The number of amides is 1. The topological polar surface area (TPSA) is 69.0 Å². The third-order valence-corrected chi connectivity index (χ3v) is 5.23. The lowest BCUT2D eigenvalue weighted by Gasteiger charge is -2.14. The minimum Gasteiger partial charge on any atom is -0.483 e. The van der Waals surface area contributed by atoms with E-state index in [0.717, 1.165) is 11.3 Å². The molecule has 0 bridgehead atoms. The van der Waals surface area contributed by atoms with Crippen molar-refractivity contribution in [3.8, 4) is 5.75 Å². The van der Waals surface area contributed by atoms with Gasteiger partial charge in [0.1, 0.15) is 5.75 Å². The summed E-state index contributed by atoms with van der Waals surface area (Å²) >= 11 is 7.32. The Balaban J connectivity index is 1.58. The van der Waals surface area contributed by atoms with E-state index in [0.29, 0.717) is 21.8 Å². The van der Waals surface area contributed by atoms with Gasteiger partial charge in [0.15, 0.2) is 17.1 Å². The summed E-state index contributed by atoms with van der Waals surface area (Å²) in [6.07, 6.45) is -0.313. The molecule has 3 rings (SSSR count). The first-order valence-corrected chi connectivity index (χ1v) is 10.1. The standard InChI is InChI=1S/C20H21ClN4O2S/c1-13-6-4-8-16(10-13)22-18(26)12-28-20-24-23-19(25(20)3)14(2)27-17-9-5-7-15(21)11-17/h4-11,14H,12H2,1-3H3,(H,22,26). The van der Waals surface area contributed by atoms with Gasteiger partial charge in [-0.15, -0.1) is 10.2 Å². The number of rotatable bonds is 7. The van der Waals surface area contributed by atoms with Gasteiger partial charge in [-0.3, -0.25) is 4.79 Å². The molecule has 1 amide bonds. The Morgan fingerprint density at radius 1 is 1.25 bits per heavy atom. The summed E-state index contributed by atoms with van der Waals surface area (Å²) < 4.78 is 7.73. The number of hydrogen-bond donors (Lipinski definition) is 1. The molecule has 0 aliphatic rings. The van der Waals surface area contributed by atoms with Crippen LogP contribution in [-0.2, 0) is 11.8 Å². The van der Waals surface area contributed by atoms with Crippen LogP contribution in [0.4, 0.5) is 5.69 Å². The number of nitrogens with one attached hydrogen (secondary N) is 1. The Morgan fingerprint density at radius 3 is 2.79 bits per heavy atom. The van der Waals surface area contributed by atoms with Crippen molar-refractivity contribution >= 4 is 35.0 Å². The second-order valence-electron chi connectivity index (χ2n) is 6.32. The van der Waals surface area contributed by atoms with Crippen LogP contribution in [0.3, 0.4) is 0 Å². The number of anilines is 1. The zero-order valence-electron chi connectivity index (χ0n) is 15.8. The van der Waals surface area contributed by atoms with Crippen molar-refractivity contribution in [1.29, 1.82) is 0 Å². The minimum absolute atomic E-state index is 0.0941. The number of aromatic nitrogens is 3. The predicted molar refractivity (Wildman–Crippen MR) is 112 cm³/mol. The van der Waals surface area contributed by atoms with Crippen LogP contribution in [0.2, 0.25) is 5.02 Å². The van der Waals surface area contributed by atoms with Gasteiger partial charge in [0.25, 0.3) is 0 Å². The highest BCUT2D eigenvalue weighted by Gasteiger charge is 2.18. The number of hydrogen-bond acceptors (Lipinski definition) is 5. The van der Waals surface area contributed by atoms with Gasteiger partial charge < -0.3 is 14.6 Å². The highest BCUT2D eigenvalue weighted by molar-refractivity contribution is 7.99. The molecule has 0 saturated carbocycles. The molecule has 6 nitrogen and oxygen atoms in total. The summed E-state index contributed by atoms with van der Waals surface area (Å²) in [5.41, 5.74) is 1.88. The van der Waals surface area contributed by atoms with E-state index >= 15 is 0 Å². The van der Waals surface area contributed by atoms with E-state index in [1.807, 2.05) is 61.9 Å². The fraction of sp³-hybridized carbons (Fsp3) is 0.250. The van der Waals surface area contributed by atoms with Crippen LogP contribution < -0.4 is 10.1 Å². The van der Waals surface area contributed by atoms with Crippen LogP contribution >= 0.6 is 23.4 Å². The monoisotopic (exact) mass is 416 g/mol. The van der Waals surface area contributed by atoms with E-state index in [1.165, 1.54) is 11.8 Å². The van der Waals surface area contributed by atoms with Crippen LogP contribution in [-0.4, -0.2) is 26.4 Å². The molecule has 0 saturated heterocycles. The molecular formula is C20H21ClN4O2S. The van der Waals surface area contributed by atoms with Gasteiger partial charge in [0, 0.05) is 17.8 Å². The highest BCUT2D eigenvalue weighted by Crippen LogP contribution is 2.25. The van der Waals surface area contributed by atoms with E-state index in [1.54, 1.807) is 12.1 Å². The first-order chi connectivity index (χ1) is 13.4. The number of aryl methyl sites for hydroxylation is 1. The van der Waals surface area contributed by atoms with Gasteiger partial charge in [-0.2, -0.15) is 0 Å². The first-order valence-electron chi connectivity index (χ1n) is 8.73. The van der Waals surface area contributed by atoms with Crippen molar-refractivity contribution in [2.24, 2.45) is 7.05 Å². The van der Waals surface area contributed by atoms with E-state index in [4.69, 9.17) is 16.3 Å². The first kappa shape index (κ1) is 20.2. The molecule has 3 aromatic rings.